The summed E-state index contributed by atoms with van der Waals surface area (Å²) in [5.41, 5.74) is -2.34. The summed E-state index contributed by atoms with van der Waals surface area (Å²) >= 11 is 6.38. The summed E-state index contributed by atoms with van der Waals surface area (Å²) in [6.07, 6.45) is 0.962. The number of halogens is 1. The number of nitrogens with one attached hydrogen (secondary N) is 2. The maximum atomic E-state index is 13.7. The lowest BCUT2D eigenvalue weighted by atomic mass is 10.2. The highest BCUT2D eigenvalue weighted by molar-refractivity contribution is 7.52. The Labute approximate surface area is 199 Å². The lowest BCUT2D eigenvalue weighted by Gasteiger charge is -2.25. The van der Waals surface area contributed by atoms with Gasteiger partial charge in [0.15, 0.2) is 6.23 Å². The van der Waals surface area contributed by atoms with Crippen molar-refractivity contribution in [3.8, 4) is 5.75 Å². The van der Waals surface area contributed by atoms with Gasteiger partial charge in [-0.3, -0.25) is 23.7 Å². The van der Waals surface area contributed by atoms with Crippen LogP contribution in [0.4, 0.5) is 0 Å². The number of carbonyl (C=O) groups excluding carboxylic acids is 1. The molecule has 2 fully saturated rings. The number of esters is 1. The third-order valence-corrected chi connectivity index (χ3v) is 7.46. The van der Waals surface area contributed by atoms with Gasteiger partial charge in [0.1, 0.15) is 11.3 Å². The number of ether oxygens (including phenoxy) is 2. The van der Waals surface area contributed by atoms with Gasteiger partial charge in [-0.25, -0.2) is 9.36 Å². The largest absolute Gasteiger partial charge is 0.465 e. The quantitative estimate of drug-likeness (QED) is 0.278. The molecule has 1 saturated carbocycles. The highest BCUT2D eigenvalue weighted by Crippen LogP contribution is 2.52. The molecule has 0 amide bonds. The Balaban J connectivity index is 1.47. The average molecular weight is 514 g/mol. The number of nitrogens with zero attached hydrogens (tertiary/aromatic N) is 1. The number of hydrogen-bond donors (Lipinski definition) is 2. The summed E-state index contributed by atoms with van der Waals surface area (Å²) in [5.74, 6) is -0.232. The number of carbonyl (C=O) groups is 1. The van der Waals surface area contributed by atoms with E-state index in [2.05, 4.69) is 10.1 Å². The lowest BCUT2D eigenvalue weighted by Crippen LogP contribution is -2.40. The first-order chi connectivity index (χ1) is 16.2. The molecule has 1 aromatic carbocycles. The smallest absolute Gasteiger partial charge is 0.459 e. The summed E-state index contributed by atoms with van der Waals surface area (Å²) in [6, 6.07) is 9.61. The molecule has 1 aromatic heterocycles. The fraction of sp³-hybridized carbons (Fsp3) is 0.476. The van der Waals surface area contributed by atoms with Gasteiger partial charge >= 0.3 is 19.4 Å². The van der Waals surface area contributed by atoms with Crippen LogP contribution in [0.25, 0.3) is 0 Å². The molecule has 11 nitrogen and oxygen atoms in total. The van der Waals surface area contributed by atoms with Crippen molar-refractivity contribution in [2.75, 3.05) is 13.2 Å². The van der Waals surface area contributed by atoms with Crippen LogP contribution in [-0.2, 0) is 23.4 Å². The van der Waals surface area contributed by atoms with Crippen molar-refractivity contribution in [3.05, 3.63) is 63.4 Å². The third-order valence-electron chi connectivity index (χ3n) is 5.42. The molecule has 0 bridgehead atoms. The predicted octanol–water partition coefficient (Wildman–Crippen LogP) is 2.32. The minimum Gasteiger partial charge on any atom is -0.465 e. The van der Waals surface area contributed by atoms with Crippen LogP contribution < -0.4 is 20.9 Å². The molecule has 13 heteroatoms. The Kier molecular flexibility index (Phi) is 7.30. The topological polar surface area (TPSA) is 138 Å². The minimum atomic E-state index is -4.05. The van der Waals surface area contributed by atoms with E-state index in [0.717, 1.165) is 0 Å². The predicted molar refractivity (Wildman–Crippen MR) is 122 cm³/mol. The summed E-state index contributed by atoms with van der Waals surface area (Å²) in [7, 11) is -4.05. The number of aromatic nitrogens is 2. The number of H-pyrrole nitrogens is 1. The van der Waals surface area contributed by atoms with E-state index in [9.17, 15) is 18.9 Å². The van der Waals surface area contributed by atoms with E-state index in [-0.39, 0.29) is 19.6 Å². The number of para-hydroxylation sites is 1. The maximum Gasteiger partial charge on any atom is 0.459 e. The number of aromatic amines is 1. The number of benzene rings is 1. The molecule has 2 aromatic rings. The highest BCUT2D eigenvalue weighted by Gasteiger charge is 2.56. The monoisotopic (exact) mass is 513 g/mol. The van der Waals surface area contributed by atoms with Crippen LogP contribution in [0, 0.1) is 0 Å². The van der Waals surface area contributed by atoms with Gasteiger partial charge in [-0.1, -0.05) is 18.2 Å². The van der Waals surface area contributed by atoms with Crippen molar-refractivity contribution < 1.29 is 27.9 Å². The molecule has 34 heavy (non-hydrogen) atoms. The van der Waals surface area contributed by atoms with E-state index in [1.807, 2.05) is 0 Å². The zero-order valence-corrected chi connectivity index (χ0v) is 20.0. The molecule has 2 aliphatic rings. The molecule has 1 aliphatic carbocycles. The van der Waals surface area contributed by atoms with Crippen LogP contribution in [-0.4, -0.2) is 45.8 Å². The lowest BCUT2D eigenvalue weighted by molar-refractivity contribution is -0.146. The molecule has 2 heterocycles. The van der Waals surface area contributed by atoms with Crippen LogP contribution in [0.3, 0.4) is 0 Å². The molecule has 0 radical (unpaired) electrons. The van der Waals surface area contributed by atoms with E-state index in [1.165, 1.54) is 16.8 Å². The fourth-order valence-electron chi connectivity index (χ4n) is 3.58. The van der Waals surface area contributed by atoms with Crippen LogP contribution >= 0.6 is 19.3 Å². The van der Waals surface area contributed by atoms with Crippen molar-refractivity contribution >= 4 is 25.3 Å². The first-order valence-electron chi connectivity index (χ1n) is 10.8. The zero-order chi connectivity index (χ0) is 24.3. The molecule has 1 saturated heterocycles. The standard InChI is InChI=1S/C21H25ClN3O8P/c1-2-30-19(27)21(9-10-21)24-34(29,33-14-6-4-3-5-7-14)31-13-15-12-16(22)18(32-15)25-11-8-17(26)23-20(25)28/h3-8,11,15-16,18H,2,9-10,12-13H2,1H3,(H,24,29)(H,23,26,28)/t15-,16-,18+,34?/m0/s1. The molecule has 4 atom stereocenters. The van der Waals surface area contributed by atoms with Crippen molar-refractivity contribution in [2.24, 2.45) is 0 Å². The van der Waals surface area contributed by atoms with E-state index in [0.29, 0.717) is 18.6 Å². The zero-order valence-electron chi connectivity index (χ0n) is 18.3. The molecule has 184 valence electrons. The summed E-state index contributed by atoms with van der Waals surface area (Å²) in [5, 5.41) is 2.16. The Hall–Kier alpha value is -2.43. The first kappa shape index (κ1) is 24.7. The Bertz CT molecular complexity index is 1180. The van der Waals surface area contributed by atoms with Gasteiger partial charge in [-0.15, -0.1) is 11.6 Å². The summed E-state index contributed by atoms with van der Waals surface area (Å²) in [4.78, 5) is 38.0. The fourth-order valence-corrected chi connectivity index (χ4v) is 5.72. The number of rotatable bonds is 10. The Morgan fingerprint density at radius 1 is 1.29 bits per heavy atom. The maximum absolute atomic E-state index is 13.7. The van der Waals surface area contributed by atoms with Gasteiger partial charge in [-0.2, -0.15) is 5.09 Å². The van der Waals surface area contributed by atoms with E-state index < -0.39 is 48.2 Å². The Morgan fingerprint density at radius 3 is 2.68 bits per heavy atom. The molecule has 4 rings (SSSR count). The number of hydrogen-bond acceptors (Lipinski definition) is 8. The molecule has 2 N–H and O–H groups in total. The van der Waals surface area contributed by atoms with Crippen LogP contribution in [0.2, 0.25) is 0 Å². The summed E-state index contributed by atoms with van der Waals surface area (Å²) < 4.78 is 37.2. The molecule has 1 aliphatic heterocycles. The van der Waals surface area contributed by atoms with E-state index in [1.54, 1.807) is 37.3 Å². The van der Waals surface area contributed by atoms with Gasteiger partial charge in [0.2, 0.25) is 0 Å². The molecular weight excluding hydrogens is 489 g/mol. The second-order valence-electron chi connectivity index (χ2n) is 8.03. The van der Waals surface area contributed by atoms with Crippen molar-refractivity contribution in [1.29, 1.82) is 0 Å². The average Bonchev–Trinajstić information content (AvgIpc) is 3.48. The first-order valence-corrected chi connectivity index (χ1v) is 12.8. The second-order valence-corrected chi connectivity index (χ2v) is 10.2. The molecule has 0 spiro atoms. The number of alkyl halides is 1. The van der Waals surface area contributed by atoms with Gasteiger partial charge in [0.25, 0.3) is 5.56 Å². The van der Waals surface area contributed by atoms with Gasteiger partial charge in [0.05, 0.1) is 24.7 Å². The van der Waals surface area contributed by atoms with E-state index >= 15 is 0 Å². The minimum absolute atomic E-state index is 0.186. The van der Waals surface area contributed by atoms with Crippen LogP contribution in [0.15, 0.2) is 52.2 Å². The second kappa shape index (κ2) is 10.1. The van der Waals surface area contributed by atoms with Crippen LogP contribution in [0.1, 0.15) is 32.4 Å². The normalized spacial score (nSPS) is 24.8. The molecule has 1 unspecified atom stereocenters. The Morgan fingerprint density at radius 2 is 2.03 bits per heavy atom. The summed E-state index contributed by atoms with van der Waals surface area (Å²) in [6.45, 7) is 1.69. The highest BCUT2D eigenvalue weighted by atomic mass is 35.5. The van der Waals surface area contributed by atoms with Gasteiger partial charge in [-0.05, 0) is 38.3 Å². The van der Waals surface area contributed by atoms with Crippen molar-refractivity contribution in [3.63, 3.8) is 0 Å². The van der Waals surface area contributed by atoms with Gasteiger partial charge < -0.3 is 14.0 Å². The third kappa shape index (κ3) is 5.61. The molecular formula is C21H25ClN3O8P. The van der Waals surface area contributed by atoms with Gasteiger partial charge in [0, 0.05) is 12.3 Å². The van der Waals surface area contributed by atoms with E-state index in [4.69, 9.17) is 30.1 Å². The van der Waals surface area contributed by atoms with Crippen molar-refractivity contribution in [1.82, 2.24) is 14.6 Å². The van der Waals surface area contributed by atoms with Crippen LogP contribution in [0.5, 0.6) is 5.75 Å². The SMILES string of the molecule is CCOC(=O)C1(NP(=O)(OC[C@@H]2C[C@H](Cl)[C@H](n3ccc(=O)[nH]c3=O)O2)Oc2ccccc2)CC1. The van der Waals surface area contributed by atoms with Crippen molar-refractivity contribution in [2.45, 2.75) is 49.4 Å².